The van der Waals surface area contributed by atoms with Crippen LogP contribution in [-0.4, -0.2) is 10.9 Å². The van der Waals surface area contributed by atoms with Crippen LogP contribution in [0.25, 0.3) is 0 Å². The number of amides is 1. The first kappa shape index (κ1) is 14.0. The van der Waals surface area contributed by atoms with Gasteiger partial charge in [-0.2, -0.15) is 0 Å². The van der Waals surface area contributed by atoms with Gasteiger partial charge in [0.2, 0.25) is 5.89 Å². The zero-order chi connectivity index (χ0) is 14.0. The third-order valence-corrected chi connectivity index (χ3v) is 3.28. The average Bonchev–Trinajstić information content (AvgIpc) is 2.69. The maximum absolute atomic E-state index is 12.0. The van der Waals surface area contributed by atoms with E-state index in [9.17, 15) is 4.79 Å². The van der Waals surface area contributed by atoms with Crippen molar-refractivity contribution in [3.8, 4) is 0 Å². The Morgan fingerprint density at radius 2 is 2.21 bits per heavy atom. The van der Waals surface area contributed by atoms with Gasteiger partial charge in [0.15, 0.2) is 0 Å². The molecule has 1 aromatic heterocycles. The summed E-state index contributed by atoms with van der Waals surface area (Å²) in [5.41, 5.74) is 1.20. The van der Waals surface area contributed by atoms with Gasteiger partial charge in [-0.15, -0.1) is 12.6 Å². The number of benzene rings is 1. The number of thiol groups is 1. The molecule has 1 heterocycles. The largest absolute Gasteiger partial charge is 0.444 e. The second-order valence-corrected chi connectivity index (χ2v) is 5.02. The van der Waals surface area contributed by atoms with Gasteiger partial charge in [0.05, 0.1) is 22.8 Å². The van der Waals surface area contributed by atoms with Crippen molar-refractivity contribution >= 4 is 30.1 Å². The van der Waals surface area contributed by atoms with Crippen molar-refractivity contribution in [2.24, 2.45) is 0 Å². The maximum atomic E-state index is 12.0. The van der Waals surface area contributed by atoms with Crippen LogP contribution in [0.5, 0.6) is 0 Å². The summed E-state index contributed by atoms with van der Waals surface area (Å²) < 4.78 is 5.38. The molecule has 0 atom stereocenters. The molecule has 6 heteroatoms. The normalized spacial score (nSPS) is 10.5. The summed E-state index contributed by atoms with van der Waals surface area (Å²) in [6.07, 6.45) is 0. The van der Waals surface area contributed by atoms with Gasteiger partial charge in [-0.1, -0.05) is 11.6 Å². The first-order chi connectivity index (χ1) is 8.97. The van der Waals surface area contributed by atoms with Crippen molar-refractivity contribution < 1.29 is 9.21 Å². The predicted octanol–water partition coefficient (Wildman–Crippen LogP) is 3.16. The number of carbonyl (C=O) groups excluding carboxylic acids is 1. The highest BCUT2D eigenvalue weighted by molar-refractivity contribution is 7.80. The molecule has 100 valence electrons. The van der Waals surface area contributed by atoms with Crippen molar-refractivity contribution in [2.75, 3.05) is 0 Å². The van der Waals surface area contributed by atoms with Crippen LogP contribution in [0.4, 0.5) is 0 Å². The van der Waals surface area contributed by atoms with Crippen molar-refractivity contribution in [3.05, 3.63) is 46.1 Å². The lowest BCUT2D eigenvalue weighted by atomic mass is 10.2. The molecule has 1 amide bonds. The fourth-order valence-corrected chi connectivity index (χ4v) is 1.96. The number of aryl methyl sites for hydroxylation is 2. The number of nitrogens with zero attached hydrogens (tertiary/aromatic N) is 1. The highest BCUT2D eigenvalue weighted by Crippen LogP contribution is 2.19. The smallest absolute Gasteiger partial charge is 0.253 e. The first-order valence-corrected chi connectivity index (χ1v) is 6.49. The van der Waals surface area contributed by atoms with Gasteiger partial charge in [-0.05, 0) is 32.0 Å². The van der Waals surface area contributed by atoms with Crippen LogP contribution in [0, 0.1) is 13.8 Å². The van der Waals surface area contributed by atoms with E-state index in [1.54, 1.807) is 18.2 Å². The van der Waals surface area contributed by atoms with Gasteiger partial charge in [-0.25, -0.2) is 4.98 Å². The van der Waals surface area contributed by atoms with Crippen molar-refractivity contribution in [1.82, 2.24) is 10.3 Å². The average molecular weight is 297 g/mol. The molecule has 0 fully saturated rings. The first-order valence-electron chi connectivity index (χ1n) is 5.67. The topological polar surface area (TPSA) is 55.1 Å². The van der Waals surface area contributed by atoms with Gasteiger partial charge >= 0.3 is 0 Å². The molecule has 0 aliphatic carbocycles. The molecule has 2 aromatic rings. The number of oxazole rings is 1. The molecule has 19 heavy (non-hydrogen) atoms. The van der Waals surface area contributed by atoms with E-state index in [-0.39, 0.29) is 12.5 Å². The lowest BCUT2D eigenvalue weighted by Crippen LogP contribution is -2.23. The van der Waals surface area contributed by atoms with Crippen LogP contribution in [-0.2, 0) is 6.54 Å². The molecular weight excluding hydrogens is 284 g/mol. The summed E-state index contributed by atoms with van der Waals surface area (Å²) in [5, 5.41) is 3.09. The van der Waals surface area contributed by atoms with E-state index in [0.29, 0.717) is 21.4 Å². The van der Waals surface area contributed by atoms with Crippen molar-refractivity contribution in [1.29, 1.82) is 0 Å². The molecule has 1 aromatic carbocycles. The minimum absolute atomic E-state index is 0.223. The molecule has 0 saturated heterocycles. The highest BCUT2D eigenvalue weighted by Gasteiger charge is 2.12. The molecule has 0 aliphatic heterocycles. The van der Waals surface area contributed by atoms with E-state index in [0.717, 1.165) is 11.5 Å². The minimum atomic E-state index is -0.283. The maximum Gasteiger partial charge on any atom is 0.253 e. The van der Waals surface area contributed by atoms with Crippen LogP contribution in [0.15, 0.2) is 27.5 Å². The van der Waals surface area contributed by atoms with E-state index >= 15 is 0 Å². The third-order valence-electron chi connectivity index (χ3n) is 2.67. The van der Waals surface area contributed by atoms with E-state index in [2.05, 4.69) is 22.9 Å². The minimum Gasteiger partial charge on any atom is -0.444 e. The number of hydrogen-bond acceptors (Lipinski definition) is 4. The predicted molar refractivity (Wildman–Crippen MR) is 75.9 cm³/mol. The van der Waals surface area contributed by atoms with Crippen LogP contribution >= 0.6 is 24.2 Å². The van der Waals surface area contributed by atoms with Crippen LogP contribution < -0.4 is 5.32 Å². The molecule has 0 aliphatic rings. The Morgan fingerprint density at radius 3 is 2.84 bits per heavy atom. The lowest BCUT2D eigenvalue weighted by Gasteiger charge is -2.05. The summed E-state index contributed by atoms with van der Waals surface area (Å²) in [7, 11) is 0. The Kier molecular flexibility index (Phi) is 4.17. The standard InChI is InChI=1S/C13H13ClN2O2S/c1-7-8(2)18-12(16-7)6-15-13(17)10-5-9(19)3-4-11(10)14/h3-5,19H,6H2,1-2H3,(H,15,17). The number of halogens is 1. The van der Waals surface area contributed by atoms with E-state index in [1.165, 1.54) is 0 Å². The lowest BCUT2D eigenvalue weighted by molar-refractivity contribution is 0.0947. The fourth-order valence-electron chi connectivity index (χ4n) is 1.55. The monoisotopic (exact) mass is 296 g/mol. The molecule has 4 nitrogen and oxygen atoms in total. The Morgan fingerprint density at radius 1 is 1.47 bits per heavy atom. The Bertz CT molecular complexity index is 606. The van der Waals surface area contributed by atoms with Crippen molar-refractivity contribution in [2.45, 2.75) is 25.3 Å². The van der Waals surface area contributed by atoms with Crippen LogP contribution in [0.1, 0.15) is 27.7 Å². The Hall–Kier alpha value is -1.46. The number of aromatic nitrogens is 1. The summed E-state index contributed by atoms with van der Waals surface area (Å²) in [6.45, 7) is 3.90. The molecule has 0 spiro atoms. The third kappa shape index (κ3) is 3.30. The molecule has 0 unspecified atom stereocenters. The van der Waals surface area contributed by atoms with Gasteiger partial charge in [0.25, 0.3) is 5.91 Å². The molecule has 0 bridgehead atoms. The number of hydrogen-bond donors (Lipinski definition) is 2. The quantitative estimate of drug-likeness (QED) is 0.856. The number of rotatable bonds is 3. The van der Waals surface area contributed by atoms with E-state index in [1.807, 2.05) is 13.8 Å². The van der Waals surface area contributed by atoms with Crippen molar-refractivity contribution in [3.63, 3.8) is 0 Å². The fraction of sp³-hybridized carbons (Fsp3) is 0.231. The summed E-state index contributed by atoms with van der Waals surface area (Å²) in [6, 6.07) is 4.98. The second-order valence-electron chi connectivity index (χ2n) is 4.10. The number of nitrogens with one attached hydrogen (secondary N) is 1. The molecule has 0 radical (unpaired) electrons. The zero-order valence-electron chi connectivity index (χ0n) is 10.5. The summed E-state index contributed by atoms with van der Waals surface area (Å²) in [5.74, 6) is 0.940. The molecule has 2 rings (SSSR count). The van der Waals surface area contributed by atoms with Gasteiger partial charge in [0.1, 0.15) is 5.76 Å². The van der Waals surface area contributed by atoms with Crippen LogP contribution in [0.3, 0.4) is 0 Å². The van der Waals surface area contributed by atoms with E-state index < -0.39 is 0 Å². The molecule has 0 saturated carbocycles. The zero-order valence-corrected chi connectivity index (χ0v) is 12.2. The van der Waals surface area contributed by atoms with Crippen LogP contribution in [0.2, 0.25) is 5.02 Å². The second kappa shape index (κ2) is 5.67. The SMILES string of the molecule is Cc1nc(CNC(=O)c2cc(S)ccc2Cl)oc1C. The molecular formula is C13H13ClN2O2S. The Labute approximate surface area is 121 Å². The Balaban J connectivity index is 2.07. The van der Waals surface area contributed by atoms with Gasteiger partial charge in [-0.3, -0.25) is 4.79 Å². The van der Waals surface area contributed by atoms with E-state index in [4.69, 9.17) is 16.0 Å². The molecule has 1 N–H and O–H groups in total. The van der Waals surface area contributed by atoms with Gasteiger partial charge < -0.3 is 9.73 Å². The number of carbonyl (C=O) groups is 1. The summed E-state index contributed by atoms with van der Waals surface area (Å²) in [4.78, 5) is 16.8. The van der Waals surface area contributed by atoms with Gasteiger partial charge in [0, 0.05) is 4.90 Å². The summed E-state index contributed by atoms with van der Waals surface area (Å²) >= 11 is 10.1. The highest BCUT2D eigenvalue weighted by atomic mass is 35.5.